The van der Waals surface area contributed by atoms with Crippen LogP contribution in [-0.2, 0) is 16.0 Å². The number of aliphatic hydroxyl groups is 1. The lowest BCUT2D eigenvalue weighted by atomic mass is 9.98. The summed E-state index contributed by atoms with van der Waals surface area (Å²) in [5, 5.41) is 10.5. The quantitative estimate of drug-likeness (QED) is 0.249. The van der Waals surface area contributed by atoms with Crippen molar-refractivity contribution < 1.29 is 28.9 Å². The lowest BCUT2D eigenvalue weighted by molar-refractivity contribution is -0.162. The topological polar surface area (TPSA) is 82.1 Å². The molecule has 0 saturated carbocycles. The Hall–Kier alpha value is -1.60. The van der Waals surface area contributed by atoms with Crippen LogP contribution in [0, 0.1) is 0 Å². The first-order valence-corrected chi connectivity index (χ1v) is 10.9. The van der Waals surface area contributed by atoms with Crippen LogP contribution in [0.1, 0.15) is 62.4 Å². The van der Waals surface area contributed by atoms with Gasteiger partial charge in [-0.2, -0.15) is 0 Å². The molecule has 1 heterocycles. The molecule has 0 amide bonds. The molecule has 6 nitrogen and oxygen atoms in total. The molecule has 1 N–H and O–H groups in total. The van der Waals surface area contributed by atoms with Gasteiger partial charge in [-0.15, -0.1) is 0 Å². The Labute approximate surface area is 174 Å². The summed E-state index contributed by atoms with van der Waals surface area (Å²) in [6, 6.07) is 3.50. The predicted molar refractivity (Wildman–Crippen MR) is 110 cm³/mol. The molecule has 1 aliphatic heterocycles. The van der Waals surface area contributed by atoms with E-state index in [9.17, 15) is 14.7 Å². The predicted octanol–water partition coefficient (Wildman–Crippen LogP) is 3.84. The first-order valence-electron chi connectivity index (χ1n) is 9.75. The van der Waals surface area contributed by atoms with Gasteiger partial charge in [-0.05, 0) is 64.5 Å². The summed E-state index contributed by atoms with van der Waals surface area (Å²) in [6.45, 7) is 5.24. The highest BCUT2D eigenvalue weighted by Crippen LogP contribution is 2.35. The number of aliphatic hydroxyl groups excluding tert-OH is 1. The minimum Gasteiger partial charge on any atom is -0.493 e. The molecule has 3 atom stereocenters. The van der Waals surface area contributed by atoms with Crippen molar-refractivity contribution in [1.82, 2.24) is 0 Å². The highest BCUT2D eigenvalue weighted by Gasteiger charge is 2.30. The molecule has 0 saturated heterocycles. The van der Waals surface area contributed by atoms with Gasteiger partial charge in [0.1, 0.15) is 17.6 Å². The highest BCUT2D eigenvalue weighted by molar-refractivity contribution is 9.09. The largest absolute Gasteiger partial charge is 0.493 e. The summed E-state index contributed by atoms with van der Waals surface area (Å²) in [5.74, 6) is 0.465. The summed E-state index contributed by atoms with van der Waals surface area (Å²) in [4.78, 5) is 24.3. The van der Waals surface area contributed by atoms with E-state index in [1.54, 1.807) is 26.0 Å². The zero-order valence-electron chi connectivity index (χ0n) is 16.7. The van der Waals surface area contributed by atoms with Crippen LogP contribution in [0.2, 0.25) is 0 Å². The smallest absolute Gasteiger partial charge is 0.347 e. The number of esters is 1. The van der Waals surface area contributed by atoms with E-state index < -0.39 is 24.3 Å². The molecular formula is C21H29BrO6. The average molecular weight is 457 g/mol. The number of Topliss-reactive ketones (excluding diaryl/α,β-unsaturated/α-hetero) is 1. The van der Waals surface area contributed by atoms with E-state index in [0.29, 0.717) is 36.5 Å². The van der Waals surface area contributed by atoms with Crippen LogP contribution in [0.3, 0.4) is 0 Å². The Bertz CT molecular complexity index is 688. The molecule has 1 aromatic rings. The van der Waals surface area contributed by atoms with Crippen molar-refractivity contribution in [2.45, 2.75) is 71.2 Å². The third kappa shape index (κ3) is 6.21. The lowest BCUT2D eigenvalue weighted by Gasteiger charge is -2.27. The molecule has 28 heavy (non-hydrogen) atoms. The Morgan fingerprint density at radius 2 is 2.04 bits per heavy atom. The number of benzene rings is 1. The summed E-state index contributed by atoms with van der Waals surface area (Å²) < 4.78 is 16.9. The van der Waals surface area contributed by atoms with E-state index in [2.05, 4.69) is 15.9 Å². The molecule has 0 radical (unpaired) electrons. The van der Waals surface area contributed by atoms with E-state index in [1.807, 2.05) is 0 Å². The van der Waals surface area contributed by atoms with Crippen LogP contribution in [0.4, 0.5) is 0 Å². The Morgan fingerprint density at radius 3 is 2.68 bits per heavy atom. The molecule has 7 heteroatoms. The third-order valence-corrected chi connectivity index (χ3v) is 5.33. The number of hydrogen-bond donors (Lipinski definition) is 1. The second-order valence-corrected chi connectivity index (χ2v) is 7.93. The van der Waals surface area contributed by atoms with Crippen LogP contribution in [-0.4, -0.2) is 47.1 Å². The zero-order chi connectivity index (χ0) is 20.7. The van der Waals surface area contributed by atoms with Gasteiger partial charge in [-0.1, -0.05) is 15.9 Å². The van der Waals surface area contributed by atoms with Gasteiger partial charge >= 0.3 is 5.97 Å². The maximum Gasteiger partial charge on any atom is 0.347 e. The normalized spacial score (nSPS) is 17.8. The molecule has 0 aromatic heterocycles. The number of hydrogen-bond acceptors (Lipinski definition) is 6. The minimum atomic E-state index is -0.748. The van der Waals surface area contributed by atoms with Crippen LogP contribution < -0.4 is 9.47 Å². The van der Waals surface area contributed by atoms with E-state index in [-0.39, 0.29) is 5.78 Å². The van der Waals surface area contributed by atoms with E-state index in [0.717, 1.165) is 30.2 Å². The Kier molecular flexibility index (Phi) is 8.76. The molecule has 1 aromatic carbocycles. The minimum absolute atomic E-state index is 0.0643. The highest BCUT2D eigenvalue weighted by atomic mass is 79.9. The maximum absolute atomic E-state index is 12.3. The number of unbranched alkanes of at least 4 members (excludes halogenated alkanes) is 2. The van der Waals surface area contributed by atoms with Crippen molar-refractivity contribution >= 4 is 27.7 Å². The molecule has 0 bridgehead atoms. The van der Waals surface area contributed by atoms with E-state index in [1.165, 1.54) is 6.92 Å². The molecule has 0 spiro atoms. The van der Waals surface area contributed by atoms with Crippen LogP contribution in [0.15, 0.2) is 12.1 Å². The SMILES string of the molecule is CC(=O)c1cc2c(cc1OCCCCCBr)O[C@H](C(=O)O[C@@H](C)C(C)O)CC2. The number of carbonyl (C=O) groups is 2. The fraction of sp³-hybridized carbons (Fsp3) is 0.619. The van der Waals surface area contributed by atoms with Gasteiger partial charge in [-0.3, -0.25) is 4.79 Å². The maximum atomic E-state index is 12.3. The van der Waals surface area contributed by atoms with Gasteiger partial charge in [0.25, 0.3) is 0 Å². The number of alkyl halides is 1. The molecular weight excluding hydrogens is 428 g/mol. The molecule has 1 unspecified atom stereocenters. The molecule has 2 rings (SSSR count). The molecule has 0 fully saturated rings. The van der Waals surface area contributed by atoms with E-state index in [4.69, 9.17) is 14.2 Å². The third-order valence-electron chi connectivity index (χ3n) is 4.77. The van der Waals surface area contributed by atoms with Gasteiger partial charge < -0.3 is 19.3 Å². The van der Waals surface area contributed by atoms with Gasteiger partial charge in [0.15, 0.2) is 11.9 Å². The standard InChI is InChI=1S/C21H29BrO6/c1-13(23)15(3)27-21(25)18-8-7-16-11-17(14(2)24)20(12-19(16)28-18)26-10-6-4-5-9-22/h11-13,15,18,23H,4-10H2,1-3H3/t13?,15-,18-/m0/s1. The summed E-state index contributed by atoms with van der Waals surface area (Å²) in [5.41, 5.74) is 1.41. The number of rotatable bonds is 10. The number of ketones is 1. The fourth-order valence-corrected chi connectivity index (χ4v) is 3.28. The number of aryl methyl sites for hydroxylation is 1. The second kappa shape index (κ2) is 10.8. The van der Waals surface area contributed by atoms with Crippen LogP contribution >= 0.6 is 15.9 Å². The van der Waals surface area contributed by atoms with Gasteiger partial charge in [0.2, 0.25) is 0 Å². The van der Waals surface area contributed by atoms with E-state index >= 15 is 0 Å². The van der Waals surface area contributed by atoms with Crippen LogP contribution in [0.25, 0.3) is 0 Å². The summed E-state index contributed by atoms with van der Waals surface area (Å²) in [6.07, 6.45) is 1.99. The van der Waals surface area contributed by atoms with Crippen molar-refractivity contribution in [1.29, 1.82) is 0 Å². The molecule has 0 aliphatic carbocycles. The first-order chi connectivity index (χ1) is 13.3. The number of halogens is 1. The Morgan fingerprint density at radius 1 is 1.29 bits per heavy atom. The van der Waals surface area contributed by atoms with Gasteiger partial charge in [0, 0.05) is 11.4 Å². The van der Waals surface area contributed by atoms with Crippen molar-refractivity contribution in [2.24, 2.45) is 0 Å². The van der Waals surface area contributed by atoms with Crippen molar-refractivity contribution in [3.05, 3.63) is 23.3 Å². The average Bonchev–Trinajstić information content (AvgIpc) is 2.66. The monoisotopic (exact) mass is 456 g/mol. The number of fused-ring (bicyclic) bond motifs is 1. The molecule has 156 valence electrons. The van der Waals surface area contributed by atoms with Crippen molar-refractivity contribution in [3.8, 4) is 11.5 Å². The zero-order valence-corrected chi connectivity index (χ0v) is 18.3. The first kappa shape index (κ1) is 22.7. The summed E-state index contributed by atoms with van der Waals surface area (Å²) >= 11 is 3.40. The number of ether oxygens (including phenoxy) is 3. The lowest BCUT2D eigenvalue weighted by Crippen LogP contribution is -2.37. The second-order valence-electron chi connectivity index (χ2n) is 7.14. The van der Waals surface area contributed by atoms with Crippen molar-refractivity contribution in [2.75, 3.05) is 11.9 Å². The summed E-state index contributed by atoms with van der Waals surface area (Å²) in [7, 11) is 0. The Balaban J connectivity index is 2.10. The number of carbonyl (C=O) groups excluding carboxylic acids is 2. The van der Waals surface area contributed by atoms with Gasteiger partial charge in [-0.25, -0.2) is 4.79 Å². The fourth-order valence-electron chi connectivity index (χ4n) is 2.88. The van der Waals surface area contributed by atoms with Gasteiger partial charge in [0.05, 0.1) is 18.3 Å². The van der Waals surface area contributed by atoms with Crippen molar-refractivity contribution in [3.63, 3.8) is 0 Å². The molecule has 1 aliphatic rings. The van der Waals surface area contributed by atoms with Crippen LogP contribution in [0.5, 0.6) is 11.5 Å².